The van der Waals surface area contributed by atoms with Crippen LogP contribution >= 0.6 is 0 Å². The molecule has 0 radical (unpaired) electrons. The SMILES string of the molecule is CCCNC(C)c1ccccc1OCc1ccc(O)cc1. The molecule has 1 atom stereocenters. The first-order chi connectivity index (χ1) is 10.2. The molecule has 0 heterocycles. The van der Waals surface area contributed by atoms with Crippen LogP contribution in [0.2, 0.25) is 0 Å². The third-order valence-corrected chi connectivity index (χ3v) is 3.42. The van der Waals surface area contributed by atoms with E-state index in [2.05, 4.69) is 25.2 Å². The number of para-hydroxylation sites is 1. The van der Waals surface area contributed by atoms with E-state index in [1.54, 1.807) is 12.1 Å². The lowest BCUT2D eigenvalue weighted by molar-refractivity contribution is 0.299. The van der Waals surface area contributed by atoms with Crippen molar-refractivity contribution in [2.45, 2.75) is 32.9 Å². The zero-order chi connectivity index (χ0) is 15.1. The summed E-state index contributed by atoms with van der Waals surface area (Å²) in [5, 5.41) is 12.8. The van der Waals surface area contributed by atoms with E-state index >= 15 is 0 Å². The molecule has 0 aliphatic rings. The van der Waals surface area contributed by atoms with Gasteiger partial charge in [0.25, 0.3) is 0 Å². The molecule has 0 aliphatic heterocycles. The van der Waals surface area contributed by atoms with Crippen LogP contribution in [-0.2, 0) is 6.61 Å². The molecule has 21 heavy (non-hydrogen) atoms. The van der Waals surface area contributed by atoms with Gasteiger partial charge in [-0.25, -0.2) is 0 Å². The lowest BCUT2D eigenvalue weighted by Gasteiger charge is -2.18. The molecule has 1 unspecified atom stereocenters. The van der Waals surface area contributed by atoms with E-state index < -0.39 is 0 Å². The summed E-state index contributed by atoms with van der Waals surface area (Å²) < 4.78 is 5.94. The number of aromatic hydroxyl groups is 1. The monoisotopic (exact) mass is 285 g/mol. The molecule has 112 valence electrons. The third kappa shape index (κ3) is 4.50. The summed E-state index contributed by atoms with van der Waals surface area (Å²) in [5.41, 5.74) is 2.21. The van der Waals surface area contributed by atoms with Crippen molar-refractivity contribution in [3.63, 3.8) is 0 Å². The number of ether oxygens (including phenoxy) is 1. The maximum absolute atomic E-state index is 9.29. The number of phenolic OH excluding ortho intramolecular Hbond substituents is 1. The van der Waals surface area contributed by atoms with Gasteiger partial charge in [-0.05, 0) is 43.7 Å². The van der Waals surface area contributed by atoms with Crippen LogP contribution in [0, 0.1) is 0 Å². The Morgan fingerprint density at radius 3 is 2.52 bits per heavy atom. The van der Waals surface area contributed by atoms with Crippen molar-refractivity contribution in [3.05, 3.63) is 59.7 Å². The van der Waals surface area contributed by atoms with Gasteiger partial charge < -0.3 is 15.2 Å². The van der Waals surface area contributed by atoms with Gasteiger partial charge in [0, 0.05) is 11.6 Å². The first-order valence-electron chi connectivity index (χ1n) is 7.43. The van der Waals surface area contributed by atoms with Gasteiger partial charge in [-0.15, -0.1) is 0 Å². The van der Waals surface area contributed by atoms with Gasteiger partial charge in [-0.2, -0.15) is 0 Å². The summed E-state index contributed by atoms with van der Waals surface area (Å²) in [5.74, 6) is 1.18. The first kappa shape index (κ1) is 15.4. The lowest BCUT2D eigenvalue weighted by atomic mass is 10.1. The average Bonchev–Trinajstić information content (AvgIpc) is 2.52. The summed E-state index contributed by atoms with van der Waals surface area (Å²) in [6.45, 7) is 5.80. The van der Waals surface area contributed by atoms with Gasteiger partial charge >= 0.3 is 0 Å². The molecule has 0 spiro atoms. The average molecular weight is 285 g/mol. The van der Waals surface area contributed by atoms with E-state index in [0.29, 0.717) is 6.61 Å². The van der Waals surface area contributed by atoms with Gasteiger partial charge in [-0.3, -0.25) is 0 Å². The quantitative estimate of drug-likeness (QED) is 0.807. The van der Waals surface area contributed by atoms with Crippen LogP contribution in [0.3, 0.4) is 0 Å². The fourth-order valence-electron chi connectivity index (χ4n) is 2.19. The molecule has 0 fully saturated rings. The standard InChI is InChI=1S/C18H23NO2/c1-3-12-19-14(2)17-6-4-5-7-18(17)21-13-15-8-10-16(20)11-9-15/h4-11,14,19-20H,3,12-13H2,1-2H3. The minimum atomic E-state index is 0.265. The number of nitrogens with one attached hydrogen (secondary N) is 1. The number of phenols is 1. The van der Waals surface area contributed by atoms with Crippen LogP contribution in [0.15, 0.2) is 48.5 Å². The predicted octanol–water partition coefficient (Wildman–Crippen LogP) is 4.03. The van der Waals surface area contributed by atoms with Crippen molar-refractivity contribution >= 4 is 0 Å². The van der Waals surface area contributed by atoms with Crippen molar-refractivity contribution in [3.8, 4) is 11.5 Å². The van der Waals surface area contributed by atoms with Crippen LogP contribution in [0.5, 0.6) is 11.5 Å². The Bertz CT molecular complexity index is 551. The molecule has 0 aliphatic carbocycles. The maximum atomic E-state index is 9.29. The van der Waals surface area contributed by atoms with Crippen molar-refractivity contribution in [1.82, 2.24) is 5.32 Å². The van der Waals surface area contributed by atoms with Gasteiger partial charge in [0.15, 0.2) is 0 Å². The van der Waals surface area contributed by atoms with E-state index in [9.17, 15) is 5.11 Å². The van der Waals surface area contributed by atoms with E-state index in [4.69, 9.17) is 4.74 Å². The zero-order valence-electron chi connectivity index (χ0n) is 12.7. The second kappa shape index (κ2) is 7.70. The highest BCUT2D eigenvalue weighted by molar-refractivity contribution is 5.36. The van der Waals surface area contributed by atoms with E-state index in [0.717, 1.165) is 24.3 Å². The Hall–Kier alpha value is -2.00. The predicted molar refractivity (Wildman–Crippen MR) is 85.6 cm³/mol. The maximum Gasteiger partial charge on any atom is 0.124 e. The Balaban J connectivity index is 2.04. The third-order valence-electron chi connectivity index (χ3n) is 3.42. The molecule has 3 heteroatoms. The van der Waals surface area contributed by atoms with E-state index in [-0.39, 0.29) is 11.8 Å². The molecule has 0 saturated carbocycles. The second-order valence-corrected chi connectivity index (χ2v) is 5.17. The fourth-order valence-corrected chi connectivity index (χ4v) is 2.19. The molecule has 0 aromatic heterocycles. The van der Waals surface area contributed by atoms with Crippen molar-refractivity contribution in [2.24, 2.45) is 0 Å². The molecule has 2 aromatic rings. The molecule has 2 aromatic carbocycles. The number of benzene rings is 2. The number of rotatable bonds is 7. The number of hydrogen-bond donors (Lipinski definition) is 2. The highest BCUT2D eigenvalue weighted by atomic mass is 16.5. The van der Waals surface area contributed by atoms with Crippen LogP contribution in [0.4, 0.5) is 0 Å². The number of hydrogen-bond acceptors (Lipinski definition) is 3. The van der Waals surface area contributed by atoms with E-state index in [1.165, 1.54) is 5.56 Å². The highest BCUT2D eigenvalue weighted by Gasteiger charge is 2.10. The molecule has 2 rings (SSSR count). The normalized spacial score (nSPS) is 12.1. The largest absolute Gasteiger partial charge is 0.508 e. The summed E-state index contributed by atoms with van der Waals surface area (Å²) in [6.07, 6.45) is 1.11. The second-order valence-electron chi connectivity index (χ2n) is 5.17. The summed E-state index contributed by atoms with van der Waals surface area (Å²) >= 11 is 0. The Labute approximate surface area is 126 Å². The lowest BCUT2D eigenvalue weighted by Crippen LogP contribution is -2.19. The Morgan fingerprint density at radius 1 is 1.10 bits per heavy atom. The fraction of sp³-hybridized carbons (Fsp3) is 0.333. The summed E-state index contributed by atoms with van der Waals surface area (Å²) in [4.78, 5) is 0. The summed E-state index contributed by atoms with van der Waals surface area (Å²) in [6, 6.07) is 15.5. The van der Waals surface area contributed by atoms with Gasteiger partial charge in [0.1, 0.15) is 18.1 Å². The van der Waals surface area contributed by atoms with Gasteiger partial charge in [0.05, 0.1) is 0 Å². The molecule has 3 nitrogen and oxygen atoms in total. The van der Waals surface area contributed by atoms with Crippen molar-refractivity contribution in [1.29, 1.82) is 0 Å². The Kier molecular flexibility index (Phi) is 5.64. The smallest absolute Gasteiger partial charge is 0.124 e. The minimum absolute atomic E-state index is 0.265. The van der Waals surface area contributed by atoms with Gasteiger partial charge in [0.2, 0.25) is 0 Å². The molecular formula is C18H23NO2. The first-order valence-corrected chi connectivity index (χ1v) is 7.43. The van der Waals surface area contributed by atoms with Crippen LogP contribution in [0.25, 0.3) is 0 Å². The Morgan fingerprint density at radius 2 is 1.81 bits per heavy atom. The molecule has 0 saturated heterocycles. The van der Waals surface area contributed by atoms with Crippen LogP contribution in [0.1, 0.15) is 37.4 Å². The highest BCUT2D eigenvalue weighted by Crippen LogP contribution is 2.25. The molecule has 0 amide bonds. The zero-order valence-corrected chi connectivity index (χ0v) is 12.7. The minimum Gasteiger partial charge on any atom is -0.508 e. The van der Waals surface area contributed by atoms with Crippen molar-refractivity contribution in [2.75, 3.05) is 6.54 Å². The molecule has 0 bridgehead atoms. The molecule has 2 N–H and O–H groups in total. The molecular weight excluding hydrogens is 262 g/mol. The van der Waals surface area contributed by atoms with Crippen LogP contribution < -0.4 is 10.1 Å². The topological polar surface area (TPSA) is 41.5 Å². The summed E-state index contributed by atoms with van der Waals surface area (Å²) in [7, 11) is 0. The van der Waals surface area contributed by atoms with Gasteiger partial charge in [-0.1, -0.05) is 37.3 Å². The van der Waals surface area contributed by atoms with Crippen molar-refractivity contribution < 1.29 is 9.84 Å². The van der Waals surface area contributed by atoms with Crippen LogP contribution in [-0.4, -0.2) is 11.7 Å². The van der Waals surface area contributed by atoms with E-state index in [1.807, 2.05) is 30.3 Å².